The van der Waals surface area contributed by atoms with Gasteiger partial charge < -0.3 is 5.73 Å². The van der Waals surface area contributed by atoms with Crippen LogP contribution in [0.3, 0.4) is 0 Å². The number of pyridine rings is 1. The van der Waals surface area contributed by atoms with E-state index in [9.17, 15) is 0 Å². The highest BCUT2D eigenvalue weighted by Crippen LogP contribution is 2.23. The van der Waals surface area contributed by atoms with Gasteiger partial charge in [-0.2, -0.15) is 5.10 Å². The van der Waals surface area contributed by atoms with E-state index in [1.165, 1.54) is 4.70 Å². The van der Waals surface area contributed by atoms with Crippen molar-refractivity contribution in [3.8, 4) is 0 Å². The van der Waals surface area contributed by atoms with Crippen LogP contribution in [-0.2, 0) is 13.0 Å². The molecule has 0 radical (unpaired) electrons. The average Bonchev–Trinajstić information content (AvgIpc) is 3.06. The molecular formula is C15H19N5S. The van der Waals surface area contributed by atoms with Crippen molar-refractivity contribution >= 4 is 21.6 Å². The van der Waals surface area contributed by atoms with Crippen LogP contribution in [0.2, 0.25) is 0 Å². The molecule has 3 heterocycles. The monoisotopic (exact) mass is 301 g/mol. The second-order valence-corrected chi connectivity index (χ2v) is 6.58. The number of nitrogens with two attached hydrogens (primary N) is 1. The van der Waals surface area contributed by atoms with E-state index < -0.39 is 0 Å². The SMILES string of the molecule is CC(C)Cn1ncnc1CC(N)c1cnc2ccsc2c1. The minimum atomic E-state index is -0.112. The Morgan fingerprint density at radius 2 is 2.19 bits per heavy atom. The molecule has 110 valence electrons. The Balaban J connectivity index is 1.79. The van der Waals surface area contributed by atoms with Crippen molar-refractivity contribution in [1.29, 1.82) is 0 Å². The molecule has 21 heavy (non-hydrogen) atoms. The molecule has 0 amide bonds. The maximum absolute atomic E-state index is 6.33. The third-order valence-corrected chi connectivity index (χ3v) is 4.24. The van der Waals surface area contributed by atoms with Gasteiger partial charge in [0.25, 0.3) is 0 Å². The summed E-state index contributed by atoms with van der Waals surface area (Å²) in [6.07, 6.45) is 4.14. The van der Waals surface area contributed by atoms with E-state index in [2.05, 4.69) is 35.0 Å². The molecule has 1 atom stereocenters. The maximum Gasteiger partial charge on any atom is 0.138 e. The van der Waals surface area contributed by atoms with Gasteiger partial charge in [0, 0.05) is 25.2 Å². The summed E-state index contributed by atoms with van der Waals surface area (Å²) in [5, 5.41) is 6.33. The fourth-order valence-electron chi connectivity index (χ4n) is 2.32. The molecule has 0 fully saturated rings. The number of aromatic nitrogens is 4. The van der Waals surface area contributed by atoms with Crippen molar-refractivity contribution in [2.45, 2.75) is 32.9 Å². The van der Waals surface area contributed by atoms with Crippen molar-refractivity contribution in [2.75, 3.05) is 0 Å². The molecule has 5 nitrogen and oxygen atoms in total. The molecule has 0 bridgehead atoms. The Kier molecular flexibility index (Phi) is 3.98. The Labute approximate surface area is 127 Å². The molecule has 0 saturated heterocycles. The number of hydrogen-bond acceptors (Lipinski definition) is 5. The highest BCUT2D eigenvalue weighted by atomic mass is 32.1. The molecule has 0 aliphatic carbocycles. The summed E-state index contributed by atoms with van der Waals surface area (Å²) in [5.74, 6) is 1.47. The normalized spacial score (nSPS) is 13.1. The van der Waals surface area contributed by atoms with Gasteiger partial charge in [-0.25, -0.2) is 9.67 Å². The number of nitrogens with zero attached hydrogens (tertiary/aromatic N) is 4. The third-order valence-electron chi connectivity index (χ3n) is 3.39. The summed E-state index contributed by atoms with van der Waals surface area (Å²) >= 11 is 1.69. The van der Waals surface area contributed by atoms with E-state index in [0.29, 0.717) is 12.3 Å². The van der Waals surface area contributed by atoms with Gasteiger partial charge in [0.15, 0.2) is 0 Å². The van der Waals surface area contributed by atoms with Crippen molar-refractivity contribution in [2.24, 2.45) is 11.7 Å². The fraction of sp³-hybridized carbons (Fsp3) is 0.400. The quantitative estimate of drug-likeness (QED) is 0.786. The number of hydrogen-bond donors (Lipinski definition) is 1. The van der Waals surface area contributed by atoms with Gasteiger partial charge in [-0.3, -0.25) is 4.98 Å². The zero-order valence-corrected chi connectivity index (χ0v) is 13.0. The molecule has 0 spiro atoms. The zero-order valence-electron chi connectivity index (χ0n) is 12.2. The largest absolute Gasteiger partial charge is 0.324 e. The molecule has 3 aromatic rings. The van der Waals surface area contributed by atoms with E-state index >= 15 is 0 Å². The van der Waals surface area contributed by atoms with Crippen LogP contribution in [0, 0.1) is 5.92 Å². The minimum Gasteiger partial charge on any atom is -0.324 e. The first kappa shape index (κ1) is 14.2. The Bertz CT molecular complexity index is 730. The molecule has 0 saturated carbocycles. The highest BCUT2D eigenvalue weighted by molar-refractivity contribution is 7.17. The van der Waals surface area contributed by atoms with E-state index in [1.54, 1.807) is 17.7 Å². The summed E-state index contributed by atoms with van der Waals surface area (Å²) in [7, 11) is 0. The van der Waals surface area contributed by atoms with Gasteiger partial charge >= 0.3 is 0 Å². The second kappa shape index (κ2) is 5.91. The van der Waals surface area contributed by atoms with Gasteiger partial charge in [0.2, 0.25) is 0 Å². The van der Waals surface area contributed by atoms with Gasteiger partial charge in [-0.15, -0.1) is 11.3 Å². The average molecular weight is 301 g/mol. The molecule has 3 aromatic heterocycles. The molecule has 1 unspecified atom stereocenters. The van der Waals surface area contributed by atoms with Crippen LogP contribution >= 0.6 is 11.3 Å². The minimum absolute atomic E-state index is 0.112. The molecule has 6 heteroatoms. The van der Waals surface area contributed by atoms with Crippen molar-refractivity contribution < 1.29 is 0 Å². The van der Waals surface area contributed by atoms with Crippen LogP contribution in [0.15, 0.2) is 30.0 Å². The summed E-state index contributed by atoms with van der Waals surface area (Å²) in [6, 6.07) is 4.04. The molecular weight excluding hydrogens is 282 g/mol. The predicted octanol–water partition coefficient (Wildman–Crippen LogP) is 2.79. The standard InChI is InChI=1S/C15H19N5S/c1-10(2)8-20-15(18-9-19-20)6-12(16)11-5-14-13(17-7-11)3-4-21-14/h3-5,7,9-10,12H,6,8,16H2,1-2H3. The second-order valence-electron chi connectivity index (χ2n) is 5.64. The Hall–Kier alpha value is -1.79. The first-order valence-corrected chi connectivity index (χ1v) is 7.97. The number of rotatable bonds is 5. The van der Waals surface area contributed by atoms with E-state index in [-0.39, 0.29) is 6.04 Å². The lowest BCUT2D eigenvalue weighted by molar-refractivity contribution is 0.459. The molecule has 0 aliphatic rings. The van der Waals surface area contributed by atoms with Crippen LogP contribution in [0.5, 0.6) is 0 Å². The summed E-state index contributed by atoms with van der Waals surface area (Å²) in [5.41, 5.74) is 8.40. The predicted molar refractivity (Wildman–Crippen MR) is 85.1 cm³/mol. The van der Waals surface area contributed by atoms with Gasteiger partial charge in [-0.05, 0) is 29.0 Å². The van der Waals surface area contributed by atoms with Crippen LogP contribution in [0.1, 0.15) is 31.3 Å². The van der Waals surface area contributed by atoms with E-state index in [0.717, 1.165) is 23.4 Å². The summed E-state index contributed by atoms with van der Waals surface area (Å²) < 4.78 is 3.12. The molecule has 3 rings (SSSR count). The first-order chi connectivity index (χ1) is 10.1. The van der Waals surface area contributed by atoms with Crippen LogP contribution in [0.4, 0.5) is 0 Å². The maximum atomic E-state index is 6.33. The van der Waals surface area contributed by atoms with Gasteiger partial charge in [0.05, 0.1) is 10.2 Å². The lowest BCUT2D eigenvalue weighted by atomic mass is 10.1. The summed E-state index contributed by atoms with van der Waals surface area (Å²) in [4.78, 5) is 8.79. The smallest absolute Gasteiger partial charge is 0.138 e. The summed E-state index contributed by atoms with van der Waals surface area (Å²) in [6.45, 7) is 5.20. The van der Waals surface area contributed by atoms with E-state index in [1.807, 2.05) is 22.3 Å². The number of fused-ring (bicyclic) bond motifs is 1. The Morgan fingerprint density at radius 1 is 1.33 bits per heavy atom. The highest BCUT2D eigenvalue weighted by Gasteiger charge is 2.14. The van der Waals surface area contributed by atoms with Crippen molar-refractivity contribution in [3.63, 3.8) is 0 Å². The van der Waals surface area contributed by atoms with Crippen molar-refractivity contribution in [1.82, 2.24) is 19.7 Å². The molecule has 2 N–H and O–H groups in total. The van der Waals surface area contributed by atoms with Gasteiger partial charge in [-0.1, -0.05) is 13.8 Å². The fourth-order valence-corrected chi connectivity index (χ4v) is 3.11. The topological polar surface area (TPSA) is 69.6 Å². The van der Waals surface area contributed by atoms with Crippen molar-refractivity contribution in [3.05, 3.63) is 41.4 Å². The number of thiophene rings is 1. The lowest BCUT2D eigenvalue weighted by Crippen LogP contribution is -2.18. The molecule has 0 aromatic carbocycles. The van der Waals surface area contributed by atoms with E-state index in [4.69, 9.17) is 5.73 Å². The first-order valence-electron chi connectivity index (χ1n) is 7.09. The Morgan fingerprint density at radius 3 is 3.00 bits per heavy atom. The third kappa shape index (κ3) is 3.11. The van der Waals surface area contributed by atoms with Crippen LogP contribution < -0.4 is 5.73 Å². The molecule has 0 aliphatic heterocycles. The van der Waals surface area contributed by atoms with Crippen LogP contribution in [-0.4, -0.2) is 19.7 Å². The van der Waals surface area contributed by atoms with Gasteiger partial charge in [0.1, 0.15) is 12.2 Å². The zero-order chi connectivity index (χ0) is 14.8. The van der Waals surface area contributed by atoms with Crippen LogP contribution in [0.25, 0.3) is 10.2 Å². The lowest BCUT2D eigenvalue weighted by Gasteiger charge is -2.13.